The van der Waals surface area contributed by atoms with Crippen molar-refractivity contribution in [3.8, 4) is 5.75 Å². The van der Waals surface area contributed by atoms with Crippen molar-refractivity contribution in [2.24, 2.45) is 0 Å². The SMILES string of the molecule is CCOC(=O)C(NCCOC)c1cccc(OC)c1. The normalized spacial score (nSPS) is 11.9. The van der Waals surface area contributed by atoms with Crippen LogP contribution in [0.1, 0.15) is 18.5 Å². The summed E-state index contributed by atoms with van der Waals surface area (Å²) in [5, 5.41) is 3.12. The van der Waals surface area contributed by atoms with Gasteiger partial charge in [-0.1, -0.05) is 12.1 Å². The molecule has 1 rings (SSSR count). The van der Waals surface area contributed by atoms with Crippen LogP contribution in [0.4, 0.5) is 0 Å². The second-order valence-corrected chi connectivity index (χ2v) is 3.91. The van der Waals surface area contributed by atoms with Gasteiger partial charge in [-0.3, -0.25) is 5.32 Å². The van der Waals surface area contributed by atoms with Gasteiger partial charge in [0.25, 0.3) is 0 Å². The van der Waals surface area contributed by atoms with E-state index in [0.29, 0.717) is 25.5 Å². The Morgan fingerprint density at radius 3 is 2.79 bits per heavy atom. The zero-order valence-electron chi connectivity index (χ0n) is 11.6. The average Bonchev–Trinajstić information content (AvgIpc) is 2.44. The molecule has 0 aliphatic carbocycles. The van der Waals surface area contributed by atoms with Gasteiger partial charge in [0.05, 0.1) is 20.3 Å². The summed E-state index contributed by atoms with van der Waals surface area (Å²) in [6.07, 6.45) is 0. The van der Waals surface area contributed by atoms with Gasteiger partial charge in [-0.05, 0) is 24.6 Å². The van der Waals surface area contributed by atoms with Crippen LogP contribution >= 0.6 is 0 Å². The summed E-state index contributed by atoms with van der Waals surface area (Å²) in [7, 11) is 3.21. The summed E-state index contributed by atoms with van der Waals surface area (Å²) in [5.41, 5.74) is 0.814. The van der Waals surface area contributed by atoms with E-state index in [4.69, 9.17) is 14.2 Å². The predicted molar refractivity (Wildman–Crippen MR) is 72.2 cm³/mol. The van der Waals surface area contributed by atoms with Gasteiger partial charge in [0.2, 0.25) is 0 Å². The van der Waals surface area contributed by atoms with Crippen LogP contribution in [0.25, 0.3) is 0 Å². The third kappa shape index (κ3) is 4.89. The Labute approximate surface area is 113 Å². The monoisotopic (exact) mass is 267 g/mol. The number of rotatable bonds is 8. The van der Waals surface area contributed by atoms with Crippen LogP contribution in [0.2, 0.25) is 0 Å². The highest BCUT2D eigenvalue weighted by Crippen LogP contribution is 2.20. The molecule has 0 fully saturated rings. The summed E-state index contributed by atoms with van der Waals surface area (Å²) in [6.45, 7) is 3.23. The van der Waals surface area contributed by atoms with E-state index in [1.54, 1.807) is 21.1 Å². The minimum atomic E-state index is -0.509. The Hall–Kier alpha value is -1.59. The van der Waals surface area contributed by atoms with Gasteiger partial charge in [-0.25, -0.2) is 4.79 Å². The van der Waals surface area contributed by atoms with Gasteiger partial charge < -0.3 is 14.2 Å². The smallest absolute Gasteiger partial charge is 0.327 e. The van der Waals surface area contributed by atoms with Gasteiger partial charge in [-0.2, -0.15) is 0 Å². The highest BCUT2D eigenvalue weighted by molar-refractivity contribution is 5.77. The summed E-state index contributed by atoms with van der Waals surface area (Å²) in [4.78, 5) is 12.0. The molecule has 1 unspecified atom stereocenters. The highest BCUT2D eigenvalue weighted by Gasteiger charge is 2.21. The molecule has 0 aliphatic rings. The quantitative estimate of drug-likeness (QED) is 0.572. The number of benzene rings is 1. The molecule has 0 saturated carbocycles. The van der Waals surface area contributed by atoms with E-state index in [9.17, 15) is 4.79 Å². The fourth-order valence-corrected chi connectivity index (χ4v) is 1.69. The fraction of sp³-hybridized carbons (Fsp3) is 0.500. The van der Waals surface area contributed by atoms with Crippen LogP contribution in [0.15, 0.2) is 24.3 Å². The maximum Gasteiger partial charge on any atom is 0.327 e. The molecule has 0 aromatic heterocycles. The van der Waals surface area contributed by atoms with Crippen LogP contribution in [0, 0.1) is 0 Å². The fourth-order valence-electron chi connectivity index (χ4n) is 1.69. The first-order valence-electron chi connectivity index (χ1n) is 6.25. The number of nitrogens with one attached hydrogen (secondary N) is 1. The topological polar surface area (TPSA) is 56.8 Å². The standard InChI is InChI=1S/C14H21NO4/c1-4-19-14(16)13(15-8-9-17-2)11-6-5-7-12(10-11)18-3/h5-7,10,13,15H,4,8-9H2,1-3H3. The summed E-state index contributed by atoms with van der Waals surface area (Å²) < 4.78 is 15.2. The first-order chi connectivity index (χ1) is 9.22. The molecule has 0 radical (unpaired) electrons. The van der Waals surface area contributed by atoms with Gasteiger partial charge in [0.1, 0.15) is 11.8 Å². The number of hydrogen-bond acceptors (Lipinski definition) is 5. The van der Waals surface area contributed by atoms with Crippen molar-refractivity contribution in [3.63, 3.8) is 0 Å². The van der Waals surface area contributed by atoms with Crippen LogP contribution in [0.5, 0.6) is 5.75 Å². The van der Waals surface area contributed by atoms with E-state index in [0.717, 1.165) is 5.56 Å². The number of carbonyl (C=O) groups excluding carboxylic acids is 1. The minimum absolute atomic E-state index is 0.299. The third-order valence-corrected chi connectivity index (χ3v) is 2.60. The number of methoxy groups -OCH3 is 2. The molecule has 0 aliphatic heterocycles. The molecule has 0 amide bonds. The molecule has 0 heterocycles. The average molecular weight is 267 g/mol. The Balaban J connectivity index is 2.83. The van der Waals surface area contributed by atoms with Crippen molar-refractivity contribution in [1.29, 1.82) is 0 Å². The molecule has 1 aromatic carbocycles. The Morgan fingerprint density at radius 2 is 2.16 bits per heavy atom. The van der Waals surface area contributed by atoms with Gasteiger partial charge in [0.15, 0.2) is 0 Å². The lowest BCUT2D eigenvalue weighted by Crippen LogP contribution is -2.32. The number of hydrogen-bond donors (Lipinski definition) is 1. The van der Waals surface area contributed by atoms with Crippen LogP contribution in [0.3, 0.4) is 0 Å². The Kier molecular flexibility index (Phi) is 6.92. The van der Waals surface area contributed by atoms with E-state index in [1.807, 2.05) is 24.3 Å². The van der Waals surface area contributed by atoms with Gasteiger partial charge in [-0.15, -0.1) is 0 Å². The maximum atomic E-state index is 12.0. The molecule has 5 heteroatoms. The molecule has 1 aromatic rings. The van der Waals surface area contributed by atoms with Crippen molar-refractivity contribution in [1.82, 2.24) is 5.32 Å². The predicted octanol–water partition coefficient (Wildman–Crippen LogP) is 1.54. The lowest BCUT2D eigenvalue weighted by atomic mass is 10.1. The van der Waals surface area contributed by atoms with Gasteiger partial charge >= 0.3 is 5.97 Å². The van der Waals surface area contributed by atoms with E-state index >= 15 is 0 Å². The van der Waals surface area contributed by atoms with Crippen molar-refractivity contribution < 1.29 is 19.0 Å². The van der Waals surface area contributed by atoms with Crippen molar-refractivity contribution in [3.05, 3.63) is 29.8 Å². The lowest BCUT2D eigenvalue weighted by Gasteiger charge is -2.18. The molecule has 106 valence electrons. The van der Waals surface area contributed by atoms with Crippen LogP contribution in [-0.2, 0) is 14.3 Å². The molecule has 5 nitrogen and oxygen atoms in total. The summed E-state index contributed by atoms with van der Waals surface area (Å²) in [6, 6.07) is 6.86. The molecule has 1 N–H and O–H groups in total. The molecule has 1 atom stereocenters. The van der Waals surface area contributed by atoms with E-state index < -0.39 is 6.04 Å². The van der Waals surface area contributed by atoms with Gasteiger partial charge in [0, 0.05) is 13.7 Å². The maximum absolute atomic E-state index is 12.0. The number of carbonyl (C=O) groups is 1. The number of esters is 1. The van der Waals surface area contributed by atoms with Crippen molar-refractivity contribution in [2.45, 2.75) is 13.0 Å². The molecular weight excluding hydrogens is 246 g/mol. The minimum Gasteiger partial charge on any atom is -0.497 e. The summed E-state index contributed by atoms with van der Waals surface area (Å²) >= 11 is 0. The Morgan fingerprint density at radius 1 is 1.37 bits per heavy atom. The zero-order chi connectivity index (χ0) is 14.1. The van der Waals surface area contributed by atoms with E-state index in [1.165, 1.54) is 0 Å². The van der Waals surface area contributed by atoms with E-state index in [-0.39, 0.29) is 5.97 Å². The van der Waals surface area contributed by atoms with Crippen molar-refractivity contribution >= 4 is 5.97 Å². The van der Waals surface area contributed by atoms with Crippen molar-refractivity contribution in [2.75, 3.05) is 34.0 Å². The molecule has 0 saturated heterocycles. The molecule has 0 bridgehead atoms. The van der Waals surface area contributed by atoms with Crippen LogP contribution in [-0.4, -0.2) is 39.9 Å². The highest BCUT2D eigenvalue weighted by atomic mass is 16.5. The third-order valence-electron chi connectivity index (χ3n) is 2.60. The zero-order valence-corrected chi connectivity index (χ0v) is 11.6. The lowest BCUT2D eigenvalue weighted by molar-refractivity contribution is -0.145. The first-order valence-corrected chi connectivity index (χ1v) is 6.25. The molecule has 0 spiro atoms. The molecule has 19 heavy (non-hydrogen) atoms. The summed E-state index contributed by atoms with van der Waals surface area (Å²) in [5.74, 6) is 0.409. The second kappa shape index (κ2) is 8.50. The largest absolute Gasteiger partial charge is 0.497 e. The first kappa shape index (κ1) is 15.5. The second-order valence-electron chi connectivity index (χ2n) is 3.91. The van der Waals surface area contributed by atoms with E-state index in [2.05, 4.69) is 5.32 Å². The molecular formula is C14H21NO4. The van der Waals surface area contributed by atoms with Crippen LogP contribution < -0.4 is 10.1 Å². The Bertz CT molecular complexity index is 395. The number of ether oxygens (including phenoxy) is 3.